The largest absolute Gasteiger partial charge is 0.444 e. The van der Waals surface area contributed by atoms with Crippen LogP contribution in [0.1, 0.15) is 66.2 Å². The van der Waals surface area contributed by atoms with Crippen LogP contribution in [-0.4, -0.2) is 42.4 Å². The number of hydrogen-bond acceptors (Lipinski definition) is 4. The molecule has 3 N–H and O–H groups in total. The molecule has 5 heteroatoms. The Kier molecular flexibility index (Phi) is 6.09. The van der Waals surface area contributed by atoms with E-state index in [-0.39, 0.29) is 12.1 Å². The highest BCUT2D eigenvalue weighted by Crippen LogP contribution is 2.23. The minimum atomic E-state index is -0.430. The first kappa shape index (κ1) is 17.5. The van der Waals surface area contributed by atoms with E-state index in [1.807, 2.05) is 20.8 Å². The summed E-state index contributed by atoms with van der Waals surface area (Å²) < 4.78 is 5.29. The van der Waals surface area contributed by atoms with E-state index in [0.717, 1.165) is 19.4 Å². The van der Waals surface area contributed by atoms with Crippen LogP contribution in [-0.2, 0) is 4.74 Å². The number of hydrogen-bond donors (Lipinski definition) is 3. The van der Waals surface area contributed by atoms with Crippen molar-refractivity contribution in [3.63, 3.8) is 0 Å². The number of carbonyl (C=O) groups excluding carboxylic acids is 1. The van der Waals surface area contributed by atoms with E-state index in [9.17, 15) is 4.79 Å². The second-order valence-corrected chi connectivity index (χ2v) is 7.90. The monoisotopic (exact) mass is 311 g/mol. The van der Waals surface area contributed by atoms with Gasteiger partial charge in [0.1, 0.15) is 5.60 Å². The van der Waals surface area contributed by atoms with Crippen LogP contribution in [0.3, 0.4) is 0 Å². The predicted molar refractivity (Wildman–Crippen MR) is 89.0 cm³/mol. The molecule has 22 heavy (non-hydrogen) atoms. The third-order valence-electron chi connectivity index (χ3n) is 4.29. The van der Waals surface area contributed by atoms with Crippen LogP contribution in [0.25, 0.3) is 0 Å². The van der Waals surface area contributed by atoms with Crippen molar-refractivity contribution >= 4 is 6.09 Å². The molecular formula is C17H33N3O2. The van der Waals surface area contributed by atoms with Crippen LogP contribution in [0.15, 0.2) is 0 Å². The molecular weight excluding hydrogens is 278 g/mol. The summed E-state index contributed by atoms with van der Waals surface area (Å²) in [4.78, 5) is 11.7. The maximum absolute atomic E-state index is 11.7. The molecule has 1 amide bonds. The van der Waals surface area contributed by atoms with Crippen molar-refractivity contribution in [1.29, 1.82) is 0 Å². The maximum Gasteiger partial charge on any atom is 0.407 e. The van der Waals surface area contributed by atoms with Crippen LogP contribution < -0.4 is 16.0 Å². The molecule has 0 bridgehead atoms. The molecule has 2 fully saturated rings. The van der Waals surface area contributed by atoms with Gasteiger partial charge in [0.15, 0.2) is 0 Å². The smallest absolute Gasteiger partial charge is 0.407 e. The molecule has 4 atom stereocenters. The number of amides is 1. The molecule has 2 aliphatic rings. The zero-order chi connectivity index (χ0) is 16.2. The SMILES string of the molecule is CC(CC1CCCCCN1)NC1CC1NC(=O)OC(C)(C)C. The highest BCUT2D eigenvalue weighted by atomic mass is 16.6. The first-order valence-electron chi connectivity index (χ1n) is 8.82. The number of carbonyl (C=O) groups is 1. The summed E-state index contributed by atoms with van der Waals surface area (Å²) in [5.41, 5.74) is -0.430. The molecule has 0 aromatic heterocycles. The van der Waals surface area contributed by atoms with E-state index in [2.05, 4.69) is 22.9 Å². The van der Waals surface area contributed by atoms with Gasteiger partial charge in [-0.15, -0.1) is 0 Å². The van der Waals surface area contributed by atoms with E-state index in [1.165, 1.54) is 25.7 Å². The van der Waals surface area contributed by atoms with Crippen molar-refractivity contribution < 1.29 is 9.53 Å². The topological polar surface area (TPSA) is 62.4 Å². The lowest BCUT2D eigenvalue weighted by Crippen LogP contribution is -2.41. The Hall–Kier alpha value is -0.810. The molecule has 0 aromatic carbocycles. The first-order chi connectivity index (χ1) is 10.3. The molecule has 0 radical (unpaired) electrons. The third kappa shape index (κ3) is 6.53. The van der Waals surface area contributed by atoms with Gasteiger partial charge in [0.05, 0.1) is 0 Å². The Morgan fingerprint density at radius 2 is 2.05 bits per heavy atom. The van der Waals surface area contributed by atoms with Crippen molar-refractivity contribution in [2.45, 2.75) is 96.0 Å². The second-order valence-electron chi connectivity index (χ2n) is 7.90. The Bertz CT molecular complexity index is 359. The normalized spacial score (nSPS) is 30.3. The van der Waals surface area contributed by atoms with Gasteiger partial charge in [-0.1, -0.05) is 12.8 Å². The lowest BCUT2D eigenvalue weighted by Gasteiger charge is -2.22. The maximum atomic E-state index is 11.7. The van der Waals surface area contributed by atoms with Gasteiger partial charge in [-0.05, 0) is 59.9 Å². The van der Waals surface area contributed by atoms with Crippen LogP contribution >= 0.6 is 0 Å². The number of rotatable bonds is 5. The molecule has 2 rings (SSSR count). The summed E-state index contributed by atoms with van der Waals surface area (Å²) in [6.45, 7) is 9.06. The molecule has 0 spiro atoms. The second kappa shape index (κ2) is 7.64. The van der Waals surface area contributed by atoms with Gasteiger partial charge in [0, 0.05) is 24.2 Å². The average Bonchev–Trinajstić information content (AvgIpc) is 3.11. The fourth-order valence-corrected chi connectivity index (χ4v) is 3.16. The Labute approximate surface area is 134 Å². The molecule has 128 valence electrons. The van der Waals surface area contributed by atoms with Crippen LogP contribution in [0.4, 0.5) is 4.79 Å². The summed E-state index contributed by atoms with van der Waals surface area (Å²) in [6, 6.07) is 1.74. The molecule has 1 heterocycles. The molecule has 1 saturated heterocycles. The summed E-state index contributed by atoms with van der Waals surface area (Å²) in [7, 11) is 0. The van der Waals surface area contributed by atoms with Gasteiger partial charge in [0.2, 0.25) is 0 Å². The summed E-state index contributed by atoms with van der Waals surface area (Å²) >= 11 is 0. The Morgan fingerprint density at radius 1 is 1.27 bits per heavy atom. The zero-order valence-electron chi connectivity index (χ0n) is 14.6. The van der Waals surface area contributed by atoms with Crippen LogP contribution in [0.5, 0.6) is 0 Å². The van der Waals surface area contributed by atoms with Crippen molar-refractivity contribution in [2.24, 2.45) is 0 Å². The third-order valence-corrected chi connectivity index (χ3v) is 4.29. The van der Waals surface area contributed by atoms with Gasteiger partial charge in [-0.25, -0.2) is 4.79 Å². The molecule has 4 unspecified atom stereocenters. The van der Waals surface area contributed by atoms with E-state index in [0.29, 0.717) is 18.1 Å². The summed E-state index contributed by atoms with van der Waals surface area (Å²) in [5.74, 6) is 0. The number of alkyl carbamates (subject to hydrolysis) is 1. The molecule has 1 saturated carbocycles. The fraction of sp³-hybridized carbons (Fsp3) is 0.941. The quantitative estimate of drug-likeness (QED) is 0.730. The van der Waals surface area contributed by atoms with Crippen molar-refractivity contribution in [3.8, 4) is 0 Å². The minimum Gasteiger partial charge on any atom is -0.444 e. The lowest BCUT2D eigenvalue weighted by atomic mass is 10.0. The summed E-state index contributed by atoms with van der Waals surface area (Å²) in [6.07, 6.45) is 7.16. The molecule has 0 aromatic rings. The number of nitrogens with one attached hydrogen (secondary N) is 3. The first-order valence-corrected chi connectivity index (χ1v) is 8.82. The van der Waals surface area contributed by atoms with Crippen LogP contribution in [0.2, 0.25) is 0 Å². The van der Waals surface area contributed by atoms with Gasteiger partial charge < -0.3 is 20.7 Å². The van der Waals surface area contributed by atoms with E-state index < -0.39 is 5.60 Å². The molecule has 5 nitrogen and oxygen atoms in total. The zero-order valence-corrected chi connectivity index (χ0v) is 14.6. The molecule has 1 aliphatic carbocycles. The Morgan fingerprint density at radius 3 is 2.77 bits per heavy atom. The van der Waals surface area contributed by atoms with E-state index >= 15 is 0 Å². The number of ether oxygens (including phenoxy) is 1. The highest BCUT2D eigenvalue weighted by molar-refractivity contribution is 5.68. The van der Waals surface area contributed by atoms with Crippen molar-refractivity contribution in [1.82, 2.24) is 16.0 Å². The highest BCUT2D eigenvalue weighted by Gasteiger charge is 2.40. The van der Waals surface area contributed by atoms with Crippen molar-refractivity contribution in [2.75, 3.05) is 6.54 Å². The van der Waals surface area contributed by atoms with E-state index in [1.54, 1.807) is 0 Å². The standard InChI is InChI=1S/C17H33N3O2/c1-12(10-13-8-6-5-7-9-18-13)19-14-11-15(14)20-16(21)22-17(2,3)4/h12-15,18-19H,5-11H2,1-4H3,(H,20,21). The van der Waals surface area contributed by atoms with Gasteiger partial charge in [-0.3, -0.25) is 0 Å². The van der Waals surface area contributed by atoms with Crippen LogP contribution in [0, 0.1) is 0 Å². The average molecular weight is 311 g/mol. The van der Waals surface area contributed by atoms with Gasteiger partial charge in [-0.2, -0.15) is 0 Å². The Balaban J connectivity index is 1.62. The summed E-state index contributed by atoms with van der Waals surface area (Å²) in [5, 5.41) is 10.2. The lowest BCUT2D eigenvalue weighted by molar-refractivity contribution is 0.0521. The predicted octanol–water partition coefficient (Wildman–Crippen LogP) is 2.55. The van der Waals surface area contributed by atoms with Gasteiger partial charge in [0.25, 0.3) is 0 Å². The molecule has 1 aliphatic heterocycles. The van der Waals surface area contributed by atoms with Gasteiger partial charge >= 0.3 is 6.09 Å². The minimum absolute atomic E-state index is 0.222. The fourth-order valence-electron chi connectivity index (χ4n) is 3.16. The van der Waals surface area contributed by atoms with E-state index in [4.69, 9.17) is 4.74 Å². The van der Waals surface area contributed by atoms with Crippen molar-refractivity contribution in [3.05, 3.63) is 0 Å².